The number of phenolic OH excluding ortho intramolecular Hbond substituents is 1. The Morgan fingerprint density at radius 1 is 1.26 bits per heavy atom. The van der Waals surface area contributed by atoms with Crippen molar-refractivity contribution in [3.63, 3.8) is 0 Å². The van der Waals surface area contributed by atoms with Crippen LogP contribution in [0.2, 0.25) is 0 Å². The Kier molecular flexibility index (Phi) is 4.88. The summed E-state index contributed by atoms with van der Waals surface area (Å²) in [5.41, 5.74) is 10.1. The molecule has 0 spiro atoms. The average molecular weight is 429 g/mol. The van der Waals surface area contributed by atoms with E-state index >= 15 is 0 Å². The molecule has 0 heterocycles. The number of fused-ring (bicyclic) bond motifs is 3. The van der Waals surface area contributed by atoms with Gasteiger partial charge in [-0.1, -0.05) is 12.1 Å². The number of hydrogen-bond donors (Lipinski definition) is 6. The lowest BCUT2D eigenvalue weighted by Crippen LogP contribution is -2.59. The first-order chi connectivity index (χ1) is 14.5. The van der Waals surface area contributed by atoms with Crippen LogP contribution in [0.5, 0.6) is 5.75 Å². The number of aliphatic hydroxyl groups is 3. The molecule has 166 valence electrons. The van der Waals surface area contributed by atoms with Gasteiger partial charge >= 0.3 is 0 Å². The molecule has 1 aromatic carbocycles. The van der Waals surface area contributed by atoms with Crippen molar-refractivity contribution >= 4 is 11.7 Å². The van der Waals surface area contributed by atoms with Crippen LogP contribution in [0.1, 0.15) is 34.3 Å². The van der Waals surface area contributed by atoms with E-state index in [1.54, 1.807) is 31.1 Å². The van der Waals surface area contributed by atoms with Gasteiger partial charge in [0.15, 0.2) is 5.78 Å². The minimum Gasteiger partial charge on any atom is -0.510 e. The van der Waals surface area contributed by atoms with Crippen LogP contribution in [-0.2, 0) is 17.8 Å². The predicted octanol–water partition coefficient (Wildman–Crippen LogP) is 0.400. The zero-order chi connectivity index (χ0) is 22.8. The molecular weight excluding hydrogens is 402 g/mol. The number of primary amides is 1. The van der Waals surface area contributed by atoms with Crippen molar-refractivity contribution < 1.29 is 30.0 Å². The van der Waals surface area contributed by atoms with E-state index in [-0.39, 0.29) is 34.8 Å². The summed E-state index contributed by atoms with van der Waals surface area (Å²) < 4.78 is 0. The van der Waals surface area contributed by atoms with Crippen LogP contribution in [0.3, 0.4) is 0 Å². The molecule has 9 heteroatoms. The molecule has 0 saturated heterocycles. The van der Waals surface area contributed by atoms with Crippen molar-refractivity contribution in [2.45, 2.75) is 37.5 Å². The van der Waals surface area contributed by atoms with E-state index in [9.17, 15) is 30.0 Å². The number of rotatable bonds is 3. The fraction of sp³-hybridized carbons (Fsp3) is 0.455. The summed E-state index contributed by atoms with van der Waals surface area (Å²) in [4.78, 5) is 27.0. The molecule has 0 saturated carbocycles. The Balaban J connectivity index is 1.90. The molecule has 3 aliphatic rings. The van der Waals surface area contributed by atoms with Crippen LogP contribution in [0.25, 0.3) is 0 Å². The van der Waals surface area contributed by atoms with E-state index in [1.165, 1.54) is 0 Å². The quantitative estimate of drug-likeness (QED) is 0.401. The molecule has 0 aromatic heterocycles. The molecule has 8 N–H and O–H groups in total. The third kappa shape index (κ3) is 2.88. The van der Waals surface area contributed by atoms with Crippen LogP contribution < -0.4 is 11.5 Å². The lowest BCUT2D eigenvalue weighted by molar-refractivity contribution is -0.118. The fourth-order valence-corrected chi connectivity index (χ4v) is 5.52. The van der Waals surface area contributed by atoms with E-state index in [0.717, 1.165) is 0 Å². The normalized spacial score (nSPS) is 30.2. The molecule has 0 bridgehead atoms. The highest BCUT2D eigenvalue weighted by atomic mass is 16.3. The topological polar surface area (TPSA) is 170 Å². The molecule has 0 fully saturated rings. The summed E-state index contributed by atoms with van der Waals surface area (Å²) in [6.07, 6.45) is 0.262. The van der Waals surface area contributed by atoms with E-state index in [4.69, 9.17) is 11.5 Å². The van der Waals surface area contributed by atoms with E-state index in [0.29, 0.717) is 24.0 Å². The van der Waals surface area contributed by atoms with Crippen LogP contribution in [-0.4, -0.2) is 62.8 Å². The second-order valence-electron chi connectivity index (χ2n) is 8.88. The number of aliphatic hydroxyl groups excluding tert-OH is 2. The number of ketones is 1. The van der Waals surface area contributed by atoms with Gasteiger partial charge in [0.25, 0.3) is 0 Å². The third-order valence-electron chi connectivity index (χ3n) is 7.00. The van der Waals surface area contributed by atoms with E-state index in [1.807, 2.05) is 0 Å². The summed E-state index contributed by atoms with van der Waals surface area (Å²) in [5.74, 6) is -3.53. The summed E-state index contributed by atoms with van der Waals surface area (Å²) >= 11 is 0. The maximum atomic E-state index is 13.4. The standard InChI is InChI=1S/C22H27N3O6/c1-25(2)16-13-6-11-5-9-3-4-10(8-23)17(26)14(9)19(28)15(11)20(29)22(13,31)7-12(18(16)27)21(24)30/h3-4,11,13,16,26-27,29,31H,5-8,23H2,1-2H3,(H2,24,30). The number of amides is 1. The highest BCUT2D eigenvalue weighted by Crippen LogP contribution is 2.53. The van der Waals surface area contributed by atoms with Gasteiger partial charge in [-0.15, -0.1) is 0 Å². The highest BCUT2D eigenvalue weighted by Gasteiger charge is 2.58. The van der Waals surface area contributed by atoms with Gasteiger partial charge in [0.2, 0.25) is 5.91 Å². The second kappa shape index (κ2) is 7.08. The number of phenols is 1. The van der Waals surface area contributed by atoms with Gasteiger partial charge in [-0.05, 0) is 38.4 Å². The van der Waals surface area contributed by atoms with Gasteiger partial charge < -0.3 is 31.9 Å². The van der Waals surface area contributed by atoms with Crippen molar-refractivity contribution in [3.8, 4) is 5.75 Å². The fourth-order valence-electron chi connectivity index (χ4n) is 5.52. The number of carbonyl (C=O) groups is 2. The van der Waals surface area contributed by atoms with Crippen LogP contribution >= 0.6 is 0 Å². The number of carbonyl (C=O) groups excluding carboxylic acids is 2. The maximum Gasteiger partial charge on any atom is 0.248 e. The van der Waals surface area contributed by atoms with Gasteiger partial charge in [0.1, 0.15) is 22.9 Å². The first-order valence-electron chi connectivity index (χ1n) is 10.2. The minimum absolute atomic E-state index is 0.0263. The molecule has 4 atom stereocenters. The maximum absolute atomic E-state index is 13.4. The number of nitrogens with zero attached hydrogens (tertiary/aromatic N) is 1. The van der Waals surface area contributed by atoms with Gasteiger partial charge in [-0.3, -0.25) is 14.5 Å². The monoisotopic (exact) mass is 429 g/mol. The zero-order valence-corrected chi connectivity index (χ0v) is 17.4. The molecule has 0 radical (unpaired) electrons. The highest BCUT2D eigenvalue weighted by molar-refractivity contribution is 6.13. The van der Waals surface area contributed by atoms with Gasteiger partial charge in [-0.2, -0.15) is 0 Å². The van der Waals surface area contributed by atoms with Crippen molar-refractivity contribution in [2.24, 2.45) is 23.3 Å². The minimum atomic E-state index is -1.95. The lowest BCUT2D eigenvalue weighted by Gasteiger charge is -2.51. The summed E-state index contributed by atoms with van der Waals surface area (Å²) in [5, 5.41) is 44.0. The first-order valence-corrected chi connectivity index (χ1v) is 10.2. The molecule has 9 nitrogen and oxygen atoms in total. The van der Waals surface area contributed by atoms with E-state index < -0.39 is 47.3 Å². The molecule has 4 unspecified atom stereocenters. The van der Waals surface area contributed by atoms with Crippen LogP contribution in [0, 0.1) is 11.8 Å². The third-order valence-corrected chi connectivity index (χ3v) is 7.00. The smallest absolute Gasteiger partial charge is 0.248 e. The van der Waals surface area contributed by atoms with E-state index in [2.05, 4.69) is 0 Å². The summed E-state index contributed by atoms with van der Waals surface area (Å²) in [6, 6.07) is 2.65. The Hall–Kier alpha value is -2.88. The number of benzene rings is 1. The van der Waals surface area contributed by atoms with Crippen LogP contribution in [0.15, 0.2) is 34.8 Å². The average Bonchev–Trinajstić information content (AvgIpc) is 2.69. The molecule has 1 amide bonds. The number of allylic oxidation sites excluding steroid dienone is 1. The molecule has 1 aromatic rings. The largest absolute Gasteiger partial charge is 0.510 e. The number of Topliss-reactive ketones (excluding diaryl/α,β-unsaturated/α-hetero) is 1. The SMILES string of the molecule is CN(C)C1C(O)=C(C(N)=O)CC2(O)C(O)=C3C(=O)c4c(ccc(CN)c4O)CC3CC12. The van der Waals surface area contributed by atoms with Gasteiger partial charge in [-0.25, -0.2) is 0 Å². The first kappa shape index (κ1) is 21.4. The number of likely N-dealkylation sites (N-methyl/N-ethyl adjacent to an activating group) is 1. The second-order valence-corrected chi connectivity index (χ2v) is 8.88. The summed E-state index contributed by atoms with van der Waals surface area (Å²) in [7, 11) is 3.38. The van der Waals surface area contributed by atoms with Crippen molar-refractivity contribution in [1.82, 2.24) is 4.90 Å². The van der Waals surface area contributed by atoms with Crippen molar-refractivity contribution in [2.75, 3.05) is 14.1 Å². The molecule has 31 heavy (non-hydrogen) atoms. The molecule has 3 aliphatic carbocycles. The molecule has 4 rings (SSSR count). The Bertz CT molecular complexity index is 1060. The number of aromatic hydroxyl groups is 1. The van der Waals surface area contributed by atoms with Gasteiger partial charge in [0.05, 0.1) is 17.2 Å². The summed E-state index contributed by atoms with van der Waals surface area (Å²) in [6.45, 7) is 0.0451. The predicted molar refractivity (Wildman–Crippen MR) is 111 cm³/mol. The number of nitrogens with two attached hydrogens (primary N) is 2. The Labute approximate surface area is 179 Å². The Morgan fingerprint density at radius 3 is 2.52 bits per heavy atom. The number of hydrogen-bond acceptors (Lipinski definition) is 8. The van der Waals surface area contributed by atoms with Crippen molar-refractivity contribution in [3.05, 3.63) is 51.5 Å². The Morgan fingerprint density at radius 2 is 1.94 bits per heavy atom. The molecular formula is C22H27N3O6. The zero-order valence-electron chi connectivity index (χ0n) is 17.4. The lowest BCUT2D eigenvalue weighted by atomic mass is 9.59. The van der Waals surface area contributed by atoms with Gasteiger partial charge in [0, 0.05) is 30.0 Å². The molecule has 0 aliphatic heterocycles. The van der Waals surface area contributed by atoms with Crippen LogP contribution in [0.4, 0.5) is 0 Å². The van der Waals surface area contributed by atoms with Crippen molar-refractivity contribution in [1.29, 1.82) is 0 Å².